The quantitative estimate of drug-likeness (QED) is 0.919. The summed E-state index contributed by atoms with van der Waals surface area (Å²) < 4.78 is 5.22. The van der Waals surface area contributed by atoms with Gasteiger partial charge in [0, 0.05) is 18.7 Å². The Labute approximate surface area is 130 Å². The highest BCUT2D eigenvalue weighted by Gasteiger charge is 2.24. The van der Waals surface area contributed by atoms with Gasteiger partial charge < -0.3 is 9.73 Å². The molecule has 1 fully saturated rings. The van der Waals surface area contributed by atoms with Crippen LogP contribution >= 0.6 is 0 Å². The van der Waals surface area contributed by atoms with E-state index < -0.39 is 0 Å². The predicted molar refractivity (Wildman–Crippen MR) is 82.8 cm³/mol. The SMILES string of the molecule is O=C(NCc1ccco1)C1CCN(Cc2ccccn2)CC1. The first kappa shape index (κ1) is 14.8. The number of aromatic nitrogens is 1. The lowest BCUT2D eigenvalue weighted by atomic mass is 9.96. The molecule has 1 saturated heterocycles. The Hall–Kier alpha value is -2.14. The molecule has 5 nitrogen and oxygen atoms in total. The van der Waals surface area contributed by atoms with Gasteiger partial charge in [-0.05, 0) is 50.2 Å². The van der Waals surface area contributed by atoms with Gasteiger partial charge in [-0.3, -0.25) is 14.7 Å². The van der Waals surface area contributed by atoms with Crippen molar-refractivity contribution in [3.8, 4) is 0 Å². The average Bonchev–Trinajstić information content (AvgIpc) is 3.08. The molecule has 116 valence electrons. The van der Waals surface area contributed by atoms with E-state index in [1.54, 1.807) is 6.26 Å². The van der Waals surface area contributed by atoms with Crippen LogP contribution in [-0.4, -0.2) is 28.9 Å². The van der Waals surface area contributed by atoms with Crippen LogP contribution in [0.4, 0.5) is 0 Å². The van der Waals surface area contributed by atoms with Crippen LogP contribution < -0.4 is 5.32 Å². The minimum absolute atomic E-state index is 0.106. The molecule has 0 spiro atoms. The molecule has 5 heteroatoms. The van der Waals surface area contributed by atoms with Gasteiger partial charge in [-0.1, -0.05) is 6.07 Å². The van der Waals surface area contributed by atoms with Crippen LogP contribution in [-0.2, 0) is 17.9 Å². The van der Waals surface area contributed by atoms with Crippen molar-refractivity contribution >= 4 is 5.91 Å². The van der Waals surface area contributed by atoms with E-state index in [9.17, 15) is 4.79 Å². The fourth-order valence-corrected chi connectivity index (χ4v) is 2.81. The molecular weight excluding hydrogens is 278 g/mol. The number of likely N-dealkylation sites (tertiary alicyclic amines) is 1. The number of piperidine rings is 1. The number of amides is 1. The second-order valence-electron chi connectivity index (χ2n) is 5.67. The van der Waals surface area contributed by atoms with Crippen molar-refractivity contribution in [1.29, 1.82) is 0 Å². The van der Waals surface area contributed by atoms with Gasteiger partial charge in [-0.15, -0.1) is 0 Å². The topological polar surface area (TPSA) is 58.4 Å². The Kier molecular flexibility index (Phi) is 4.85. The molecule has 0 unspecified atom stereocenters. The number of nitrogens with zero attached hydrogens (tertiary/aromatic N) is 2. The predicted octanol–water partition coefficient (Wildman–Crippen LogP) is 2.20. The zero-order chi connectivity index (χ0) is 15.2. The molecule has 2 aromatic rings. The van der Waals surface area contributed by atoms with Crippen LogP contribution in [0.2, 0.25) is 0 Å². The molecule has 1 aliphatic rings. The molecule has 3 heterocycles. The van der Waals surface area contributed by atoms with E-state index in [1.807, 2.05) is 36.5 Å². The molecule has 2 aromatic heterocycles. The molecule has 0 atom stereocenters. The summed E-state index contributed by atoms with van der Waals surface area (Å²) in [6.07, 6.45) is 5.25. The number of rotatable bonds is 5. The first-order valence-electron chi connectivity index (χ1n) is 7.73. The van der Waals surface area contributed by atoms with Gasteiger partial charge in [-0.25, -0.2) is 0 Å². The number of hydrogen-bond donors (Lipinski definition) is 1. The third-order valence-electron chi connectivity index (χ3n) is 4.09. The summed E-state index contributed by atoms with van der Waals surface area (Å²) in [6, 6.07) is 9.69. The first-order chi connectivity index (χ1) is 10.8. The Morgan fingerprint density at radius 1 is 1.27 bits per heavy atom. The average molecular weight is 299 g/mol. The van der Waals surface area contributed by atoms with Gasteiger partial charge in [0.2, 0.25) is 5.91 Å². The fourth-order valence-electron chi connectivity index (χ4n) is 2.81. The van der Waals surface area contributed by atoms with E-state index in [4.69, 9.17) is 4.42 Å². The van der Waals surface area contributed by atoms with Gasteiger partial charge in [0.05, 0.1) is 18.5 Å². The van der Waals surface area contributed by atoms with E-state index in [1.165, 1.54) is 0 Å². The van der Waals surface area contributed by atoms with Crippen molar-refractivity contribution in [1.82, 2.24) is 15.2 Å². The first-order valence-corrected chi connectivity index (χ1v) is 7.73. The molecule has 3 rings (SSSR count). The van der Waals surface area contributed by atoms with Crippen LogP contribution in [0.5, 0.6) is 0 Å². The van der Waals surface area contributed by atoms with E-state index in [2.05, 4.69) is 15.2 Å². The minimum atomic E-state index is 0.106. The molecule has 0 radical (unpaired) electrons. The highest BCUT2D eigenvalue weighted by molar-refractivity contribution is 5.78. The smallest absolute Gasteiger partial charge is 0.223 e. The molecule has 1 aliphatic heterocycles. The second-order valence-corrected chi connectivity index (χ2v) is 5.67. The summed E-state index contributed by atoms with van der Waals surface area (Å²) in [5.41, 5.74) is 1.09. The summed E-state index contributed by atoms with van der Waals surface area (Å²) in [5, 5.41) is 2.96. The van der Waals surface area contributed by atoms with Crippen molar-refractivity contribution < 1.29 is 9.21 Å². The van der Waals surface area contributed by atoms with Gasteiger partial charge in [0.1, 0.15) is 5.76 Å². The molecule has 22 heavy (non-hydrogen) atoms. The highest BCUT2D eigenvalue weighted by atomic mass is 16.3. The van der Waals surface area contributed by atoms with Gasteiger partial charge in [0.15, 0.2) is 0 Å². The van der Waals surface area contributed by atoms with Crippen molar-refractivity contribution in [2.24, 2.45) is 5.92 Å². The molecule has 0 saturated carbocycles. The van der Waals surface area contributed by atoms with Crippen LogP contribution in [0.25, 0.3) is 0 Å². The lowest BCUT2D eigenvalue weighted by Gasteiger charge is -2.30. The van der Waals surface area contributed by atoms with Crippen molar-refractivity contribution in [2.45, 2.75) is 25.9 Å². The normalized spacial score (nSPS) is 16.5. The number of furan rings is 1. The van der Waals surface area contributed by atoms with E-state index >= 15 is 0 Å². The summed E-state index contributed by atoms with van der Waals surface area (Å²) in [6.45, 7) is 3.21. The Bertz CT molecular complexity index is 575. The number of carbonyl (C=O) groups is 1. The summed E-state index contributed by atoms with van der Waals surface area (Å²) >= 11 is 0. The third-order valence-corrected chi connectivity index (χ3v) is 4.09. The third kappa shape index (κ3) is 3.95. The molecular formula is C17H21N3O2. The van der Waals surface area contributed by atoms with Crippen LogP contribution in [0.3, 0.4) is 0 Å². The second kappa shape index (κ2) is 7.22. The largest absolute Gasteiger partial charge is 0.467 e. The van der Waals surface area contributed by atoms with Gasteiger partial charge >= 0.3 is 0 Å². The van der Waals surface area contributed by atoms with Crippen molar-refractivity contribution in [3.05, 3.63) is 54.2 Å². The maximum atomic E-state index is 12.2. The lowest BCUT2D eigenvalue weighted by molar-refractivity contribution is -0.126. The van der Waals surface area contributed by atoms with E-state index in [0.29, 0.717) is 6.54 Å². The molecule has 1 amide bonds. The number of pyridine rings is 1. The number of nitrogens with one attached hydrogen (secondary N) is 1. The highest BCUT2D eigenvalue weighted by Crippen LogP contribution is 2.19. The van der Waals surface area contributed by atoms with Crippen LogP contribution in [0, 0.1) is 5.92 Å². The number of carbonyl (C=O) groups excluding carboxylic acids is 1. The lowest BCUT2D eigenvalue weighted by Crippen LogP contribution is -2.40. The molecule has 0 aromatic carbocycles. The Balaban J connectivity index is 1.42. The van der Waals surface area contributed by atoms with Crippen molar-refractivity contribution in [3.63, 3.8) is 0 Å². The van der Waals surface area contributed by atoms with E-state index in [0.717, 1.165) is 43.9 Å². The monoisotopic (exact) mass is 299 g/mol. The van der Waals surface area contributed by atoms with Gasteiger partial charge in [-0.2, -0.15) is 0 Å². The molecule has 0 bridgehead atoms. The van der Waals surface area contributed by atoms with Crippen LogP contribution in [0.1, 0.15) is 24.3 Å². The fraction of sp³-hybridized carbons (Fsp3) is 0.412. The Morgan fingerprint density at radius 3 is 2.82 bits per heavy atom. The molecule has 0 aliphatic carbocycles. The van der Waals surface area contributed by atoms with E-state index in [-0.39, 0.29) is 11.8 Å². The maximum Gasteiger partial charge on any atom is 0.223 e. The maximum absolute atomic E-state index is 12.2. The van der Waals surface area contributed by atoms with Crippen molar-refractivity contribution in [2.75, 3.05) is 13.1 Å². The minimum Gasteiger partial charge on any atom is -0.467 e. The Morgan fingerprint density at radius 2 is 2.14 bits per heavy atom. The summed E-state index contributed by atoms with van der Waals surface area (Å²) in [7, 11) is 0. The standard InChI is InChI=1S/C17H21N3O2/c21-17(19-12-16-5-3-11-22-16)14-6-9-20(10-7-14)13-15-4-1-2-8-18-15/h1-5,8,11,14H,6-7,9-10,12-13H2,(H,19,21). The number of hydrogen-bond acceptors (Lipinski definition) is 4. The summed E-state index contributed by atoms with van der Waals surface area (Å²) in [5.74, 6) is 1.03. The van der Waals surface area contributed by atoms with Gasteiger partial charge in [0.25, 0.3) is 0 Å². The summed E-state index contributed by atoms with van der Waals surface area (Å²) in [4.78, 5) is 18.9. The molecule has 1 N–H and O–H groups in total. The zero-order valence-corrected chi connectivity index (χ0v) is 12.6. The van der Waals surface area contributed by atoms with Crippen LogP contribution in [0.15, 0.2) is 47.2 Å². The zero-order valence-electron chi connectivity index (χ0n) is 12.6.